The number of hydrogen-bond donors (Lipinski definition) is 2. The van der Waals surface area contributed by atoms with E-state index in [1.54, 1.807) is 12.5 Å². The zero-order chi connectivity index (χ0) is 18.3. The van der Waals surface area contributed by atoms with Gasteiger partial charge in [-0.05, 0) is 11.6 Å². The van der Waals surface area contributed by atoms with Gasteiger partial charge in [-0.25, -0.2) is 14.2 Å². The molecule has 1 aromatic heterocycles. The van der Waals surface area contributed by atoms with E-state index in [-0.39, 0.29) is 21.8 Å². The molecule has 26 heavy (non-hydrogen) atoms. The minimum absolute atomic E-state index is 0.0631. The average molecular weight is 391 g/mol. The number of hydrogen-bond acceptors (Lipinski definition) is 2. The van der Waals surface area contributed by atoms with Gasteiger partial charge in [-0.3, -0.25) is 0 Å². The number of rotatable bonds is 3. The summed E-state index contributed by atoms with van der Waals surface area (Å²) in [6.07, 6.45) is 3.54. The van der Waals surface area contributed by atoms with E-state index in [4.69, 9.17) is 23.2 Å². The highest BCUT2D eigenvalue weighted by Gasteiger charge is 2.28. The van der Waals surface area contributed by atoms with Gasteiger partial charge >= 0.3 is 6.03 Å². The number of fused-ring (bicyclic) bond motifs is 3. The molecule has 1 aliphatic heterocycles. The highest BCUT2D eigenvalue weighted by Crippen LogP contribution is 2.38. The summed E-state index contributed by atoms with van der Waals surface area (Å²) in [5, 5.41) is 5.39. The predicted octanol–water partition coefficient (Wildman–Crippen LogP) is 4.72. The van der Waals surface area contributed by atoms with Crippen LogP contribution in [0, 0.1) is 5.82 Å². The molecule has 2 aromatic carbocycles. The molecule has 2 heterocycles. The molecule has 0 saturated carbocycles. The van der Waals surface area contributed by atoms with Crippen molar-refractivity contribution in [3.05, 3.63) is 70.3 Å². The van der Waals surface area contributed by atoms with Crippen molar-refractivity contribution in [1.82, 2.24) is 14.9 Å². The lowest BCUT2D eigenvalue weighted by Crippen LogP contribution is -2.33. The monoisotopic (exact) mass is 390 g/mol. The van der Waals surface area contributed by atoms with Crippen LogP contribution in [0.2, 0.25) is 10.0 Å². The first-order valence-corrected chi connectivity index (χ1v) is 8.60. The number of aromatic nitrogens is 2. The zero-order valence-corrected chi connectivity index (χ0v) is 14.9. The number of urea groups is 1. The molecule has 1 unspecified atom stereocenters. The number of nitrogens with one attached hydrogen (secondary N) is 2. The second kappa shape index (κ2) is 6.63. The van der Waals surface area contributed by atoms with Crippen molar-refractivity contribution >= 4 is 34.9 Å². The van der Waals surface area contributed by atoms with E-state index in [1.807, 2.05) is 28.8 Å². The van der Waals surface area contributed by atoms with E-state index >= 15 is 0 Å². The van der Waals surface area contributed by atoms with Crippen LogP contribution in [0.1, 0.15) is 11.6 Å². The van der Waals surface area contributed by atoms with Gasteiger partial charge in [0.1, 0.15) is 5.82 Å². The standard InChI is InChI=1S/C18H13Cl2FN4O/c19-12-5-13(20)15(6-14(12)21)24-18(26)23-8-17-11-4-2-1-3-10(11)16-7-22-9-25(16)17/h1-7,9,17H,8H2,(H2,23,24,26). The summed E-state index contributed by atoms with van der Waals surface area (Å²) >= 11 is 11.6. The number of carbonyl (C=O) groups excluding carboxylic acids is 1. The third kappa shape index (κ3) is 2.91. The number of carbonyl (C=O) groups is 1. The summed E-state index contributed by atoms with van der Waals surface area (Å²) in [5.41, 5.74) is 3.37. The lowest BCUT2D eigenvalue weighted by atomic mass is 10.0. The summed E-state index contributed by atoms with van der Waals surface area (Å²) in [5.74, 6) is -0.654. The van der Waals surface area contributed by atoms with E-state index in [9.17, 15) is 9.18 Å². The third-order valence-electron chi connectivity index (χ3n) is 4.31. The molecule has 4 rings (SSSR count). The number of imidazole rings is 1. The smallest absolute Gasteiger partial charge is 0.319 e. The van der Waals surface area contributed by atoms with Crippen LogP contribution in [0.4, 0.5) is 14.9 Å². The van der Waals surface area contributed by atoms with Gasteiger partial charge in [0.15, 0.2) is 0 Å². The van der Waals surface area contributed by atoms with Crippen LogP contribution in [0.5, 0.6) is 0 Å². The molecule has 3 aromatic rings. The van der Waals surface area contributed by atoms with Crippen LogP contribution in [-0.2, 0) is 0 Å². The van der Waals surface area contributed by atoms with Crippen LogP contribution < -0.4 is 10.6 Å². The summed E-state index contributed by atoms with van der Waals surface area (Å²) < 4.78 is 15.6. The molecule has 0 saturated heterocycles. The van der Waals surface area contributed by atoms with Crippen molar-refractivity contribution in [1.29, 1.82) is 0 Å². The van der Waals surface area contributed by atoms with Crippen molar-refractivity contribution in [2.24, 2.45) is 0 Å². The maximum Gasteiger partial charge on any atom is 0.319 e. The first-order valence-electron chi connectivity index (χ1n) is 7.85. The Kier molecular flexibility index (Phi) is 4.30. The van der Waals surface area contributed by atoms with Gasteiger partial charge in [0.25, 0.3) is 0 Å². The normalized spacial score (nSPS) is 14.7. The summed E-state index contributed by atoms with van der Waals surface area (Å²) in [6, 6.07) is 9.77. The molecule has 0 spiro atoms. The molecule has 0 fully saturated rings. The Morgan fingerprint density at radius 3 is 2.88 bits per heavy atom. The molecule has 132 valence electrons. The van der Waals surface area contributed by atoms with Crippen LogP contribution in [0.15, 0.2) is 48.9 Å². The van der Waals surface area contributed by atoms with Gasteiger partial charge in [-0.15, -0.1) is 0 Å². The molecule has 0 radical (unpaired) electrons. The van der Waals surface area contributed by atoms with Crippen molar-refractivity contribution in [3.63, 3.8) is 0 Å². The molecule has 1 aliphatic rings. The van der Waals surface area contributed by atoms with E-state index in [0.29, 0.717) is 6.54 Å². The van der Waals surface area contributed by atoms with Crippen molar-refractivity contribution in [3.8, 4) is 11.3 Å². The lowest BCUT2D eigenvalue weighted by Gasteiger charge is -2.16. The van der Waals surface area contributed by atoms with Gasteiger partial charge in [0.2, 0.25) is 0 Å². The second-order valence-electron chi connectivity index (χ2n) is 5.87. The molecule has 0 aliphatic carbocycles. The largest absolute Gasteiger partial charge is 0.335 e. The molecule has 2 N–H and O–H groups in total. The maximum absolute atomic E-state index is 13.6. The van der Waals surface area contributed by atoms with Gasteiger partial charge in [0, 0.05) is 18.2 Å². The van der Waals surface area contributed by atoms with Crippen molar-refractivity contribution in [2.45, 2.75) is 6.04 Å². The highest BCUT2D eigenvalue weighted by atomic mass is 35.5. The molecule has 5 nitrogen and oxygen atoms in total. The minimum Gasteiger partial charge on any atom is -0.335 e. The Morgan fingerprint density at radius 1 is 1.23 bits per heavy atom. The highest BCUT2D eigenvalue weighted by molar-refractivity contribution is 6.36. The molecule has 1 atom stereocenters. The van der Waals surface area contributed by atoms with Crippen LogP contribution in [-0.4, -0.2) is 22.1 Å². The van der Waals surface area contributed by atoms with Crippen molar-refractivity contribution in [2.75, 3.05) is 11.9 Å². The van der Waals surface area contributed by atoms with Gasteiger partial charge in [-0.2, -0.15) is 0 Å². The van der Waals surface area contributed by atoms with Gasteiger partial charge in [-0.1, -0.05) is 47.5 Å². The fraction of sp³-hybridized carbons (Fsp3) is 0.111. The Hall–Kier alpha value is -2.57. The Morgan fingerprint density at radius 2 is 2.04 bits per heavy atom. The minimum atomic E-state index is -0.654. The topological polar surface area (TPSA) is 59.0 Å². The lowest BCUT2D eigenvalue weighted by molar-refractivity contribution is 0.251. The second-order valence-corrected chi connectivity index (χ2v) is 6.68. The van der Waals surface area contributed by atoms with Crippen molar-refractivity contribution < 1.29 is 9.18 Å². The maximum atomic E-state index is 13.6. The first kappa shape index (κ1) is 16.9. The number of halogens is 3. The van der Waals surface area contributed by atoms with E-state index < -0.39 is 11.8 Å². The quantitative estimate of drug-likeness (QED) is 0.635. The first-order chi connectivity index (χ1) is 12.5. The summed E-state index contributed by atoms with van der Waals surface area (Å²) in [7, 11) is 0. The summed E-state index contributed by atoms with van der Waals surface area (Å²) in [4.78, 5) is 16.4. The Bertz CT molecular complexity index is 1000. The summed E-state index contributed by atoms with van der Waals surface area (Å²) in [6.45, 7) is 0.347. The van der Waals surface area contributed by atoms with Crippen LogP contribution in [0.3, 0.4) is 0 Å². The number of nitrogens with zero attached hydrogens (tertiary/aromatic N) is 2. The van der Waals surface area contributed by atoms with E-state index in [1.165, 1.54) is 6.07 Å². The average Bonchev–Trinajstić information content (AvgIpc) is 3.19. The SMILES string of the molecule is O=C(NCC1c2ccccc2-c2cncn21)Nc1cc(F)c(Cl)cc1Cl. The van der Waals surface area contributed by atoms with Gasteiger partial charge in [0.05, 0.1) is 40.0 Å². The zero-order valence-electron chi connectivity index (χ0n) is 13.3. The third-order valence-corrected chi connectivity index (χ3v) is 4.91. The fourth-order valence-corrected chi connectivity index (χ4v) is 3.55. The number of anilines is 1. The van der Waals surface area contributed by atoms with E-state index in [0.717, 1.165) is 22.9 Å². The van der Waals surface area contributed by atoms with Gasteiger partial charge < -0.3 is 15.2 Å². The van der Waals surface area contributed by atoms with E-state index in [2.05, 4.69) is 15.6 Å². The Labute approximate surface area is 158 Å². The predicted molar refractivity (Wildman–Crippen MR) is 99.2 cm³/mol. The Balaban J connectivity index is 1.48. The fourth-order valence-electron chi connectivity index (χ4n) is 3.11. The molecular weight excluding hydrogens is 378 g/mol. The van der Waals surface area contributed by atoms with Crippen LogP contribution >= 0.6 is 23.2 Å². The molecule has 2 amide bonds. The number of benzene rings is 2. The number of amides is 2. The molecule has 0 bridgehead atoms. The molecule has 8 heteroatoms. The molecular formula is C18H13Cl2FN4O. The van der Waals surface area contributed by atoms with Crippen LogP contribution in [0.25, 0.3) is 11.3 Å².